The predicted molar refractivity (Wildman–Crippen MR) is 104 cm³/mol. The number of hydrogen-bond donors (Lipinski definition) is 2. The second-order valence-electron chi connectivity index (χ2n) is 7.21. The third-order valence-electron chi connectivity index (χ3n) is 5.10. The van der Waals surface area contributed by atoms with Gasteiger partial charge >= 0.3 is 12.0 Å². The number of hydrogen-bond acceptors (Lipinski definition) is 6. The molecule has 1 aromatic rings. The van der Waals surface area contributed by atoms with Crippen molar-refractivity contribution in [3.8, 4) is 0 Å². The van der Waals surface area contributed by atoms with Gasteiger partial charge in [0.1, 0.15) is 6.54 Å². The van der Waals surface area contributed by atoms with Crippen LogP contribution in [0.3, 0.4) is 0 Å². The van der Waals surface area contributed by atoms with Crippen LogP contribution in [-0.4, -0.2) is 47.3 Å². The number of benzene rings is 1. The van der Waals surface area contributed by atoms with Crippen molar-refractivity contribution in [2.45, 2.75) is 32.4 Å². The summed E-state index contributed by atoms with van der Waals surface area (Å²) in [4.78, 5) is 61.7. The number of urea groups is 1. The maximum Gasteiger partial charge on any atom is 0.326 e. The largest absolute Gasteiger partial charge is 0.451 e. The number of carbonyl (C=O) groups is 5. The molecule has 1 heterocycles. The summed E-state index contributed by atoms with van der Waals surface area (Å²) >= 11 is 0. The number of imide groups is 2. The molecule has 0 unspecified atom stereocenters. The number of ether oxygens (including phenoxy) is 1. The molecule has 30 heavy (non-hydrogen) atoms. The van der Waals surface area contributed by atoms with Crippen LogP contribution in [0.2, 0.25) is 0 Å². The molecule has 1 fully saturated rings. The maximum absolute atomic E-state index is 12.4. The summed E-state index contributed by atoms with van der Waals surface area (Å²) in [5.74, 6) is -3.39. The Morgan fingerprint density at radius 3 is 2.27 bits per heavy atom. The quantitative estimate of drug-likeness (QED) is 0.406. The molecular weight excluding hydrogens is 390 g/mol. The van der Waals surface area contributed by atoms with Gasteiger partial charge in [0.05, 0.1) is 11.8 Å². The van der Waals surface area contributed by atoms with Gasteiger partial charge in [0.25, 0.3) is 5.91 Å². The first-order valence-corrected chi connectivity index (χ1v) is 9.69. The van der Waals surface area contributed by atoms with Gasteiger partial charge < -0.3 is 10.1 Å². The fraction of sp³-hybridized carbons (Fsp3) is 0.381. The second kappa shape index (κ2) is 9.34. The topological polar surface area (TPSA) is 122 Å². The summed E-state index contributed by atoms with van der Waals surface area (Å²) in [7, 11) is 0. The van der Waals surface area contributed by atoms with Gasteiger partial charge in [0.2, 0.25) is 11.8 Å². The number of nitrogens with zero attached hydrogens (tertiary/aromatic N) is 1. The van der Waals surface area contributed by atoms with Crippen LogP contribution in [0.4, 0.5) is 4.79 Å². The highest BCUT2D eigenvalue weighted by atomic mass is 16.5. The van der Waals surface area contributed by atoms with Crippen LogP contribution in [-0.2, 0) is 30.5 Å². The Morgan fingerprint density at radius 2 is 1.67 bits per heavy atom. The van der Waals surface area contributed by atoms with E-state index in [1.807, 2.05) is 42.5 Å². The molecule has 1 saturated heterocycles. The van der Waals surface area contributed by atoms with Gasteiger partial charge in [-0.05, 0) is 25.3 Å². The third kappa shape index (κ3) is 4.91. The molecule has 2 N–H and O–H groups in total. The summed E-state index contributed by atoms with van der Waals surface area (Å²) in [6.07, 6.45) is 3.37. The van der Waals surface area contributed by atoms with E-state index < -0.39 is 54.2 Å². The fourth-order valence-corrected chi connectivity index (χ4v) is 3.48. The highest BCUT2D eigenvalue weighted by molar-refractivity contribution is 6.07. The van der Waals surface area contributed by atoms with Gasteiger partial charge in [-0.2, -0.15) is 0 Å². The van der Waals surface area contributed by atoms with Crippen LogP contribution in [0.15, 0.2) is 42.5 Å². The van der Waals surface area contributed by atoms with E-state index in [-0.39, 0.29) is 6.54 Å². The molecule has 1 aliphatic carbocycles. The van der Waals surface area contributed by atoms with Gasteiger partial charge in [0.15, 0.2) is 6.10 Å². The van der Waals surface area contributed by atoms with Gasteiger partial charge in [-0.3, -0.25) is 29.4 Å². The van der Waals surface area contributed by atoms with Crippen molar-refractivity contribution in [3.63, 3.8) is 0 Å². The number of carbonyl (C=O) groups excluding carboxylic acids is 5. The van der Waals surface area contributed by atoms with Crippen molar-refractivity contribution in [1.82, 2.24) is 15.5 Å². The monoisotopic (exact) mass is 413 g/mol. The smallest absolute Gasteiger partial charge is 0.326 e. The summed E-state index contributed by atoms with van der Waals surface area (Å²) in [6, 6.07) is 8.40. The van der Waals surface area contributed by atoms with Crippen LogP contribution in [0.25, 0.3) is 0 Å². The molecule has 0 radical (unpaired) electrons. The average Bonchev–Trinajstić information content (AvgIpc) is 2.98. The lowest BCUT2D eigenvalue weighted by molar-refractivity contribution is -0.159. The van der Waals surface area contributed by atoms with Crippen LogP contribution in [0, 0.1) is 11.8 Å². The first-order chi connectivity index (χ1) is 14.4. The van der Waals surface area contributed by atoms with Crippen molar-refractivity contribution < 1.29 is 28.7 Å². The Morgan fingerprint density at radius 1 is 1.07 bits per heavy atom. The van der Waals surface area contributed by atoms with Gasteiger partial charge in [-0.1, -0.05) is 42.5 Å². The van der Waals surface area contributed by atoms with E-state index in [1.54, 1.807) is 0 Å². The number of rotatable bonds is 6. The lowest BCUT2D eigenvalue weighted by Crippen LogP contribution is -2.45. The van der Waals surface area contributed by atoms with Gasteiger partial charge in [-0.25, -0.2) is 4.79 Å². The summed E-state index contributed by atoms with van der Waals surface area (Å²) in [6.45, 7) is 0.974. The van der Waals surface area contributed by atoms with Crippen molar-refractivity contribution in [2.24, 2.45) is 11.8 Å². The van der Waals surface area contributed by atoms with Crippen LogP contribution in [0.5, 0.6) is 0 Å². The molecule has 3 rings (SSSR count). The van der Waals surface area contributed by atoms with Crippen molar-refractivity contribution in [2.75, 3.05) is 6.54 Å². The maximum atomic E-state index is 12.4. The van der Waals surface area contributed by atoms with Crippen molar-refractivity contribution >= 4 is 29.7 Å². The summed E-state index contributed by atoms with van der Waals surface area (Å²) in [5.41, 5.74) is 0.857. The number of fused-ring (bicyclic) bond motifs is 1. The molecule has 9 heteroatoms. The van der Waals surface area contributed by atoms with Gasteiger partial charge in [-0.15, -0.1) is 0 Å². The zero-order valence-corrected chi connectivity index (χ0v) is 16.5. The number of likely N-dealkylation sites (tertiary alicyclic amines) is 1. The Hall–Kier alpha value is -3.49. The highest BCUT2D eigenvalue weighted by Crippen LogP contribution is 2.34. The average molecular weight is 413 g/mol. The summed E-state index contributed by atoms with van der Waals surface area (Å²) in [5, 5.41) is 4.61. The molecule has 5 amide bonds. The normalized spacial score (nSPS) is 21.0. The van der Waals surface area contributed by atoms with Crippen LogP contribution in [0.1, 0.15) is 25.3 Å². The summed E-state index contributed by atoms with van der Waals surface area (Å²) < 4.78 is 5.00. The molecular formula is C21H23N3O6. The van der Waals surface area contributed by atoms with E-state index in [1.165, 1.54) is 6.92 Å². The lowest BCUT2D eigenvalue weighted by atomic mass is 9.85. The molecule has 158 valence electrons. The van der Waals surface area contributed by atoms with E-state index in [0.29, 0.717) is 12.8 Å². The minimum absolute atomic E-state index is 0.227. The van der Waals surface area contributed by atoms with E-state index in [2.05, 4.69) is 10.6 Å². The number of esters is 1. The van der Waals surface area contributed by atoms with E-state index in [0.717, 1.165) is 10.5 Å². The number of allylic oxidation sites excluding steroid dienone is 2. The van der Waals surface area contributed by atoms with E-state index >= 15 is 0 Å². The molecule has 3 atom stereocenters. The van der Waals surface area contributed by atoms with Gasteiger partial charge in [0, 0.05) is 6.54 Å². The second-order valence-corrected chi connectivity index (χ2v) is 7.21. The highest BCUT2D eigenvalue weighted by Gasteiger charge is 2.47. The minimum Gasteiger partial charge on any atom is -0.451 e. The minimum atomic E-state index is -1.27. The Bertz CT molecular complexity index is 856. The third-order valence-corrected chi connectivity index (χ3v) is 5.10. The fourth-order valence-electron chi connectivity index (χ4n) is 3.48. The molecule has 1 aliphatic heterocycles. The standard InChI is InChI=1S/C21H23N3O6/c1-13(18(26)23-21(29)22-11-14-7-3-2-4-8-14)30-17(25)12-24-19(27)15-9-5-6-10-16(15)20(24)28/h2-8,13,15-16H,9-12H2,1H3,(H2,22,23,26,29)/t13-,15-,16-/m0/s1. The molecule has 9 nitrogen and oxygen atoms in total. The van der Waals surface area contributed by atoms with Crippen LogP contribution >= 0.6 is 0 Å². The Kier molecular flexibility index (Phi) is 6.61. The molecule has 1 aromatic carbocycles. The first kappa shape index (κ1) is 21.2. The van der Waals surface area contributed by atoms with E-state index in [4.69, 9.17) is 4.74 Å². The van der Waals surface area contributed by atoms with Crippen LogP contribution < -0.4 is 10.6 Å². The Labute approximate surface area is 173 Å². The zero-order chi connectivity index (χ0) is 21.7. The zero-order valence-electron chi connectivity index (χ0n) is 16.5. The van der Waals surface area contributed by atoms with Crippen molar-refractivity contribution in [3.05, 3.63) is 48.0 Å². The number of nitrogens with one attached hydrogen (secondary N) is 2. The SMILES string of the molecule is C[C@H](OC(=O)CN1C(=O)[C@H]2CC=CC[C@@H]2C1=O)C(=O)NC(=O)NCc1ccccc1. The predicted octanol–water partition coefficient (Wildman–Crippen LogP) is 0.895. The van der Waals surface area contributed by atoms with E-state index in [9.17, 15) is 24.0 Å². The molecule has 0 spiro atoms. The van der Waals surface area contributed by atoms with Crippen molar-refractivity contribution in [1.29, 1.82) is 0 Å². The number of amides is 5. The molecule has 0 saturated carbocycles. The Balaban J connectivity index is 1.44. The first-order valence-electron chi connectivity index (χ1n) is 9.69. The molecule has 0 bridgehead atoms. The lowest BCUT2D eigenvalue weighted by Gasteiger charge is -2.17. The molecule has 0 aromatic heterocycles. The molecule has 2 aliphatic rings.